The van der Waals surface area contributed by atoms with Gasteiger partial charge in [0.2, 0.25) is 5.91 Å². The van der Waals surface area contributed by atoms with Crippen molar-refractivity contribution in [3.63, 3.8) is 0 Å². The van der Waals surface area contributed by atoms with E-state index in [0.717, 1.165) is 0 Å². The highest BCUT2D eigenvalue weighted by Crippen LogP contribution is 2.11. The molecule has 0 saturated carbocycles. The van der Waals surface area contributed by atoms with Crippen molar-refractivity contribution in [3.8, 4) is 0 Å². The molecule has 1 aromatic rings. The molecule has 0 unspecified atom stereocenters. The molecule has 118 valence electrons. The van der Waals surface area contributed by atoms with Crippen LogP contribution in [0.1, 0.15) is 30.1 Å². The van der Waals surface area contributed by atoms with Gasteiger partial charge >= 0.3 is 5.97 Å². The number of hydrogen-bond acceptors (Lipinski definition) is 6. The van der Waals surface area contributed by atoms with Crippen LogP contribution in [0.25, 0.3) is 0 Å². The lowest BCUT2D eigenvalue weighted by Gasteiger charge is -2.07. The van der Waals surface area contributed by atoms with Crippen LogP contribution in [0.15, 0.2) is 24.3 Å². The van der Waals surface area contributed by atoms with E-state index in [0.29, 0.717) is 0 Å². The highest BCUT2D eigenvalue weighted by atomic mass is 16.6. The molecule has 0 radical (unpaired) electrons. The third-order valence-corrected chi connectivity index (χ3v) is 2.52. The Kier molecular flexibility index (Phi) is 6.48. The molecule has 0 aliphatic carbocycles. The quantitative estimate of drug-likeness (QED) is 0.452. The number of nitro benzene ring substituents is 1. The van der Waals surface area contributed by atoms with E-state index >= 15 is 0 Å². The Labute approximate surface area is 125 Å². The SMILES string of the molecule is CCOC(=O)CCC(=O)NNC(=O)c1ccc([N+](=O)[O-])cc1. The summed E-state index contributed by atoms with van der Waals surface area (Å²) in [7, 11) is 0. The number of nitrogens with one attached hydrogen (secondary N) is 2. The first-order valence-corrected chi connectivity index (χ1v) is 6.43. The molecular formula is C13H15N3O6. The Morgan fingerprint density at radius 1 is 1.14 bits per heavy atom. The molecular weight excluding hydrogens is 294 g/mol. The Balaban J connectivity index is 2.40. The Hall–Kier alpha value is -2.97. The van der Waals surface area contributed by atoms with Crippen molar-refractivity contribution < 1.29 is 24.0 Å². The second kappa shape index (κ2) is 8.35. The smallest absolute Gasteiger partial charge is 0.306 e. The molecule has 0 aliphatic heterocycles. The molecule has 22 heavy (non-hydrogen) atoms. The molecule has 0 aliphatic rings. The second-order valence-electron chi connectivity index (χ2n) is 4.11. The lowest BCUT2D eigenvalue weighted by Crippen LogP contribution is -2.41. The highest BCUT2D eigenvalue weighted by Gasteiger charge is 2.11. The van der Waals surface area contributed by atoms with Gasteiger partial charge in [-0.2, -0.15) is 0 Å². The molecule has 0 fully saturated rings. The molecule has 0 atom stereocenters. The molecule has 0 spiro atoms. The molecule has 0 heterocycles. The number of rotatable bonds is 6. The van der Waals surface area contributed by atoms with Gasteiger partial charge in [0.1, 0.15) is 0 Å². The number of benzene rings is 1. The van der Waals surface area contributed by atoms with Crippen LogP contribution in [0.2, 0.25) is 0 Å². The number of hydrogen-bond donors (Lipinski definition) is 2. The van der Waals surface area contributed by atoms with Gasteiger partial charge in [-0.3, -0.25) is 35.3 Å². The highest BCUT2D eigenvalue weighted by molar-refractivity contribution is 5.95. The van der Waals surface area contributed by atoms with Gasteiger partial charge in [-0.05, 0) is 19.1 Å². The molecule has 9 nitrogen and oxygen atoms in total. The van der Waals surface area contributed by atoms with Crippen molar-refractivity contribution in [1.82, 2.24) is 10.9 Å². The first-order chi connectivity index (χ1) is 10.4. The molecule has 0 bridgehead atoms. The van der Waals surface area contributed by atoms with E-state index in [1.807, 2.05) is 0 Å². The molecule has 2 N–H and O–H groups in total. The average molecular weight is 309 g/mol. The van der Waals surface area contributed by atoms with Gasteiger partial charge < -0.3 is 4.74 Å². The van der Waals surface area contributed by atoms with Gasteiger partial charge in [0.15, 0.2) is 0 Å². The molecule has 2 amide bonds. The van der Waals surface area contributed by atoms with E-state index in [-0.39, 0.29) is 30.7 Å². The minimum Gasteiger partial charge on any atom is -0.466 e. The summed E-state index contributed by atoms with van der Waals surface area (Å²) in [5.41, 5.74) is 4.28. The number of ether oxygens (including phenoxy) is 1. The van der Waals surface area contributed by atoms with Gasteiger partial charge in [-0.1, -0.05) is 0 Å². The van der Waals surface area contributed by atoms with Crippen molar-refractivity contribution in [2.75, 3.05) is 6.61 Å². The number of carbonyl (C=O) groups excluding carboxylic acids is 3. The number of carbonyl (C=O) groups is 3. The van der Waals surface area contributed by atoms with E-state index in [1.54, 1.807) is 6.92 Å². The fourth-order valence-corrected chi connectivity index (χ4v) is 1.44. The molecule has 0 saturated heterocycles. The van der Waals surface area contributed by atoms with E-state index in [2.05, 4.69) is 15.6 Å². The van der Waals surface area contributed by atoms with Crippen molar-refractivity contribution in [2.24, 2.45) is 0 Å². The third kappa shape index (κ3) is 5.57. The van der Waals surface area contributed by atoms with E-state index in [4.69, 9.17) is 0 Å². The van der Waals surface area contributed by atoms with Crippen molar-refractivity contribution >= 4 is 23.5 Å². The lowest BCUT2D eigenvalue weighted by molar-refractivity contribution is -0.384. The van der Waals surface area contributed by atoms with Crippen LogP contribution in [0.4, 0.5) is 5.69 Å². The summed E-state index contributed by atoms with van der Waals surface area (Å²) in [5.74, 6) is -1.68. The summed E-state index contributed by atoms with van der Waals surface area (Å²) in [5, 5.41) is 10.5. The van der Waals surface area contributed by atoms with Gasteiger partial charge in [-0.25, -0.2) is 0 Å². The topological polar surface area (TPSA) is 128 Å². The Morgan fingerprint density at radius 3 is 2.32 bits per heavy atom. The van der Waals surface area contributed by atoms with Crippen LogP contribution in [0.3, 0.4) is 0 Å². The number of esters is 1. The van der Waals surface area contributed by atoms with Crippen molar-refractivity contribution in [1.29, 1.82) is 0 Å². The fourth-order valence-electron chi connectivity index (χ4n) is 1.44. The van der Waals surface area contributed by atoms with Gasteiger partial charge in [0.05, 0.1) is 18.0 Å². The van der Waals surface area contributed by atoms with Gasteiger partial charge in [0.25, 0.3) is 11.6 Å². The summed E-state index contributed by atoms with van der Waals surface area (Å²) in [6.45, 7) is 1.89. The summed E-state index contributed by atoms with van der Waals surface area (Å²) in [4.78, 5) is 44.0. The maximum atomic E-state index is 11.7. The zero-order valence-electron chi connectivity index (χ0n) is 11.8. The van der Waals surface area contributed by atoms with Crippen LogP contribution in [0.5, 0.6) is 0 Å². The third-order valence-electron chi connectivity index (χ3n) is 2.52. The largest absolute Gasteiger partial charge is 0.466 e. The fraction of sp³-hybridized carbons (Fsp3) is 0.308. The van der Waals surface area contributed by atoms with Crippen LogP contribution >= 0.6 is 0 Å². The Morgan fingerprint density at radius 2 is 1.77 bits per heavy atom. The molecule has 9 heteroatoms. The Bertz CT molecular complexity index is 570. The van der Waals surface area contributed by atoms with Crippen LogP contribution in [-0.2, 0) is 14.3 Å². The van der Waals surface area contributed by atoms with E-state index in [9.17, 15) is 24.5 Å². The standard InChI is InChI=1S/C13H15N3O6/c1-2-22-12(18)8-7-11(17)14-15-13(19)9-3-5-10(6-4-9)16(20)21/h3-6H,2,7-8H2,1H3,(H,14,17)(H,15,19). The number of nitrogens with zero attached hydrogens (tertiary/aromatic N) is 1. The summed E-state index contributed by atoms with van der Waals surface area (Å²) < 4.78 is 4.66. The first-order valence-electron chi connectivity index (χ1n) is 6.43. The van der Waals surface area contributed by atoms with Crippen LogP contribution in [-0.4, -0.2) is 29.3 Å². The van der Waals surface area contributed by atoms with Crippen LogP contribution in [0, 0.1) is 10.1 Å². The zero-order chi connectivity index (χ0) is 16.5. The number of amides is 2. The lowest BCUT2D eigenvalue weighted by atomic mass is 10.2. The zero-order valence-corrected chi connectivity index (χ0v) is 11.8. The summed E-state index contributed by atoms with van der Waals surface area (Å²) >= 11 is 0. The molecule has 1 aromatic carbocycles. The van der Waals surface area contributed by atoms with Crippen molar-refractivity contribution in [2.45, 2.75) is 19.8 Å². The van der Waals surface area contributed by atoms with E-state index in [1.165, 1.54) is 24.3 Å². The molecule has 0 aromatic heterocycles. The van der Waals surface area contributed by atoms with Crippen molar-refractivity contribution in [3.05, 3.63) is 39.9 Å². The summed E-state index contributed by atoms with van der Waals surface area (Å²) in [6.07, 6.45) is -0.216. The molecule has 1 rings (SSSR count). The first kappa shape index (κ1) is 17.1. The summed E-state index contributed by atoms with van der Waals surface area (Å²) in [6, 6.07) is 4.88. The number of nitro groups is 1. The second-order valence-corrected chi connectivity index (χ2v) is 4.11. The van der Waals surface area contributed by atoms with Crippen LogP contribution < -0.4 is 10.9 Å². The maximum Gasteiger partial charge on any atom is 0.306 e. The van der Waals surface area contributed by atoms with E-state index < -0.39 is 22.7 Å². The minimum absolute atomic E-state index is 0.0902. The maximum absolute atomic E-state index is 11.7. The predicted octanol–water partition coefficient (Wildman–Crippen LogP) is 0.699. The monoisotopic (exact) mass is 309 g/mol. The average Bonchev–Trinajstić information content (AvgIpc) is 2.51. The predicted molar refractivity (Wildman–Crippen MR) is 74.6 cm³/mol. The van der Waals surface area contributed by atoms with Gasteiger partial charge in [-0.15, -0.1) is 0 Å². The minimum atomic E-state index is -0.626. The van der Waals surface area contributed by atoms with Gasteiger partial charge in [0, 0.05) is 24.1 Å². The normalized spacial score (nSPS) is 9.68. The number of hydrazine groups is 1. The number of non-ortho nitro benzene ring substituents is 1.